The summed E-state index contributed by atoms with van der Waals surface area (Å²) in [5.74, 6) is 0. The van der Waals surface area contributed by atoms with Crippen LogP contribution in [0.15, 0.2) is 41.7 Å². The van der Waals surface area contributed by atoms with Gasteiger partial charge in [0.15, 0.2) is 0 Å². The summed E-state index contributed by atoms with van der Waals surface area (Å²) >= 11 is 0. The molecule has 0 saturated heterocycles. The highest BCUT2D eigenvalue weighted by Gasteiger charge is 2.07. The van der Waals surface area contributed by atoms with Crippen molar-refractivity contribution in [3.63, 3.8) is 0 Å². The molecule has 1 aromatic rings. The SMILES string of the molecule is Cc1ccc(C)c(CC(=C\N)/C(C=N)=C/NC(C)N)c1. The summed E-state index contributed by atoms with van der Waals surface area (Å²) in [7, 11) is 0. The number of hydrogen-bond donors (Lipinski definition) is 4. The van der Waals surface area contributed by atoms with Crippen LogP contribution in [0.1, 0.15) is 23.6 Å². The number of aryl methyl sites for hydroxylation is 2. The first-order valence-corrected chi connectivity index (χ1v) is 6.67. The van der Waals surface area contributed by atoms with Crippen LogP contribution in [0.2, 0.25) is 0 Å². The third-order valence-electron chi connectivity index (χ3n) is 3.11. The number of allylic oxidation sites excluding steroid dienone is 2. The van der Waals surface area contributed by atoms with Crippen molar-refractivity contribution in [3.8, 4) is 0 Å². The highest BCUT2D eigenvalue weighted by Crippen LogP contribution is 2.18. The van der Waals surface area contributed by atoms with Crippen molar-refractivity contribution < 1.29 is 0 Å². The van der Waals surface area contributed by atoms with Crippen molar-refractivity contribution >= 4 is 6.21 Å². The van der Waals surface area contributed by atoms with Crippen LogP contribution in [0, 0.1) is 19.3 Å². The minimum absolute atomic E-state index is 0.162. The largest absolute Gasteiger partial charge is 0.404 e. The van der Waals surface area contributed by atoms with Gasteiger partial charge in [-0.05, 0) is 50.1 Å². The highest BCUT2D eigenvalue weighted by molar-refractivity contribution is 5.82. The Kier molecular flexibility index (Phi) is 6.00. The normalized spacial score (nSPS) is 14.0. The minimum Gasteiger partial charge on any atom is -0.404 e. The molecule has 0 fully saturated rings. The molecule has 0 radical (unpaired) electrons. The van der Waals surface area contributed by atoms with Crippen molar-refractivity contribution in [1.29, 1.82) is 5.41 Å². The number of nitrogens with one attached hydrogen (secondary N) is 2. The minimum atomic E-state index is -0.162. The van der Waals surface area contributed by atoms with E-state index in [1.54, 1.807) is 12.4 Å². The van der Waals surface area contributed by atoms with Crippen LogP contribution in [0.25, 0.3) is 0 Å². The van der Waals surface area contributed by atoms with Crippen LogP contribution in [-0.2, 0) is 6.42 Å². The summed E-state index contributed by atoms with van der Waals surface area (Å²) in [5, 5.41) is 10.5. The number of benzene rings is 1. The van der Waals surface area contributed by atoms with Gasteiger partial charge in [0.1, 0.15) is 0 Å². The Bertz CT molecular complexity index is 527. The first kappa shape index (κ1) is 16.0. The first-order valence-electron chi connectivity index (χ1n) is 6.67. The van der Waals surface area contributed by atoms with E-state index in [0.717, 1.165) is 11.1 Å². The van der Waals surface area contributed by atoms with E-state index in [9.17, 15) is 0 Å². The lowest BCUT2D eigenvalue weighted by Crippen LogP contribution is -2.30. The fraction of sp³-hybridized carbons (Fsp3) is 0.312. The molecule has 1 rings (SSSR count). The van der Waals surface area contributed by atoms with Gasteiger partial charge < -0.3 is 22.2 Å². The Morgan fingerprint density at radius 1 is 1.40 bits per heavy atom. The van der Waals surface area contributed by atoms with Crippen molar-refractivity contribution in [2.45, 2.75) is 33.4 Å². The third kappa shape index (κ3) is 4.55. The standard InChI is InChI=1S/C16H24N4/c1-11-4-5-12(2)14(6-11)7-15(8-17)16(9-18)10-20-13(3)19/h4-6,8-10,13,18,20H,7,17,19H2,1-3H3/b15-8+,16-10+,18-9?. The Hall–Kier alpha value is -2.07. The van der Waals surface area contributed by atoms with E-state index in [1.165, 1.54) is 22.9 Å². The third-order valence-corrected chi connectivity index (χ3v) is 3.11. The van der Waals surface area contributed by atoms with E-state index < -0.39 is 0 Å². The van der Waals surface area contributed by atoms with Crippen molar-refractivity contribution in [2.24, 2.45) is 11.5 Å². The topological polar surface area (TPSA) is 87.9 Å². The molecule has 4 heteroatoms. The van der Waals surface area contributed by atoms with Crippen LogP contribution < -0.4 is 16.8 Å². The maximum Gasteiger partial charge on any atom is 0.0709 e. The molecule has 6 N–H and O–H groups in total. The number of nitrogens with two attached hydrogens (primary N) is 2. The van der Waals surface area contributed by atoms with Crippen LogP contribution in [-0.4, -0.2) is 12.4 Å². The zero-order valence-corrected chi connectivity index (χ0v) is 12.4. The maximum atomic E-state index is 7.53. The van der Waals surface area contributed by atoms with Crippen LogP contribution >= 0.6 is 0 Å². The summed E-state index contributed by atoms with van der Waals surface area (Å²) in [6, 6.07) is 6.35. The molecule has 1 atom stereocenters. The van der Waals surface area contributed by atoms with Gasteiger partial charge in [0.05, 0.1) is 6.17 Å². The monoisotopic (exact) mass is 272 g/mol. The lowest BCUT2D eigenvalue weighted by atomic mass is 9.95. The molecule has 0 saturated carbocycles. The zero-order valence-electron chi connectivity index (χ0n) is 12.4. The predicted molar refractivity (Wildman–Crippen MR) is 85.5 cm³/mol. The molecule has 108 valence electrons. The summed E-state index contributed by atoms with van der Waals surface area (Å²) in [4.78, 5) is 0. The van der Waals surface area contributed by atoms with E-state index in [1.807, 2.05) is 6.92 Å². The average molecular weight is 272 g/mol. The highest BCUT2D eigenvalue weighted by atomic mass is 15.0. The summed E-state index contributed by atoms with van der Waals surface area (Å²) in [6.07, 6.45) is 5.12. The van der Waals surface area contributed by atoms with E-state index in [4.69, 9.17) is 16.9 Å². The second kappa shape index (κ2) is 7.50. The summed E-state index contributed by atoms with van der Waals surface area (Å²) < 4.78 is 0. The van der Waals surface area contributed by atoms with Gasteiger partial charge in [0, 0.05) is 18.0 Å². The molecule has 0 spiro atoms. The molecular formula is C16H24N4. The Labute approximate surface area is 121 Å². The molecule has 1 unspecified atom stereocenters. The lowest BCUT2D eigenvalue weighted by molar-refractivity contribution is 0.668. The molecule has 1 aromatic carbocycles. The van der Waals surface area contributed by atoms with Crippen LogP contribution in [0.4, 0.5) is 0 Å². The maximum absolute atomic E-state index is 7.53. The molecule has 0 heterocycles. The number of rotatable bonds is 6. The quantitative estimate of drug-likeness (QED) is 0.363. The predicted octanol–water partition coefficient (Wildman–Crippen LogP) is 2.12. The van der Waals surface area contributed by atoms with Gasteiger partial charge in [-0.1, -0.05) is 23.8 Å². The Morgan fingerprint density at radius 2 is 2.10 bits per heavy atom. The Balaban J connectivity index is 2.99. The van der Waals surface area contributed by atoms with E-state index >= 15 is 0 Å². The van der Waals surface area contributed by atoms with Gasteiger partial charge in [0.25, 0.3) is 0 Å². The van der Waals surface area contributed by atoms with Gasteiger partial charge in [-0.3, -0.25) is 0 Å². The molecule has 20 heavy (non-hydrogen) atoms. The van der Waals surface area contributed by atoms with Crippen molar-refractivity contribution in [3.05, 3.63) is 58.4 Å². The lowest BCUT2D eigenvalue weighted by Gasteiger charge is -2.12. The second-order valence-corrected chi connectivity index (χ2v) is 5.00. The first-order chi connectivity index (χ1) is 9.47. The number of hydrogen-bond acceptors (Lipinski definition) is 4. The van der Waals surface area contributed by atoms with Gasteiger partial charge in [0.2, 0.25) is 0 Å². The molecule has 0 aliphatic carbocycles. The average Bonchev–Trinajstić information content (AvgIpc) is 2.41. The molecule has 0 bridgehead atoms. The second-order valence-electron chi connectivity index (χ2n) is 5.00. The molecule has 0 aliphatic heterocycles. The van der Waals surface area contributed by atoms with Crippen molar-refractivity contribution in [1.82, 2.24) is 5.32 Å². The molecule has 0 aromatic heterocycles. The van der Waals surface area contributed by atoms with Crippen LogP contribution in [0.3, 0.4) is 0 Å². The van der Waals surface area contributed by atoms with E-state index in [0.29, 0.717) is 6.42 Å². The molecule has 4 nitrogen and oxygen atoms in total. The zero-order chi connectivity index (χ0) is 15.1. The van der Waals surface area contributed by atoms with Gasteiger partial charge >= 0.3 is 0 Å². The summed E-state index contributed by atoms with van der Waals surface area (Å²) in [5.41, 5.74) is 16.7. The molecule has 0 aliphatic rings. The van der Waals surface area contributed by atoms with Gasteiger partial charge in [-0.15, -0.1) is 0 Å². The smallest absolute Gasteiger partial charge is 0.0709 e. The van der Waals surface area contributed by atoms with Gasteiger partial charge in [-0.2, -0.15) is 0 Å². The van der Waals surface area contributed by atoms with Gasteiger partial charge in [-0.25, -0.2) is 0 Å². The Morgan fingerprint density at radius 3 is 2.65 bits per heavy atom. The van der Waals surface area contributed by atoms with E-state index in [-0.39, 0.29) is 6.17 Å². The molecule has 0 amide bonds. The fourth-order valence-electron chi connectivity index (χ4n) is 1.90. The van der Waals surface area contributed by atoms with Crippen molar-refractivity contribution in [2.75, 3.05) is 0 Å². The molecular weight excluding hydrogens is 248 g/mol. The van der Waals surface area contributed by atoms with E-state index in [2.05, 4.69) is 37.4 Å². The summed E-state index contributed by atoms with van der Waals surface area (Å²) in [6.45, 7) is 5.99. The van der Waals surface area contributed by atoms with Crippen LogP contribution in [0.5, 0.6) is 0 Å². The fourth-order valence-corrected chi connectivity index (χ4v) is 1.90.